The fraction of sp³-hybridized carbons (Fsp3) is 0.0137. The van der Waals surface area contributed by atoms with Gasteiger partial charge in [0.25, 0.3) is 0 Å². The van der Waals surface area contributed by atoms with Gasteiger partial charge in [0.2, 0.25) is 0 Å². The molecule has 0 fully saturated rings. The van der Waals surface area contributed by atoms with Crippen LogP contribution >= 0.6 is 0 Å². The van der Waals surface area contributed by atoms with Gasteiger partial charge in [0.1, 0.15) is 0 Å². The molecule has 0 saturated carbocycles. The average molecular weight is 940 g/mol. The van der Waals surface area contributed by atoms with Gasteiger partial charge in [-0.15, -0.1) is 0 Å². The molecule has 1 aliphatic carbocycles. The quantitative estimate of drug-likeness (QED) is 0.130. The highest BCUT2D eigenvalue weighted by atomic mass is 15.1. The first-order valence-corrected chi connectivity index (χ1v) is 25.7. The lowest BCUT2D eigenvalue weighted by atomic mass is 9.68. The zero-order valence-corrected chi connectivity index (χ0v) is 40.7. The number of anilines is 3. The second-order valence-corrected chi connectivity index (χ2v) is 19.5. The van der Waals surface area contributed by atoms with E-state index in [1.54, 1.807) is 0 Å². The molecule has 0 heterocycles. The number of rotatable bonds is 9. The van der Waals surface area contributed by atoms with E-state index in [-0.39, 0.29) is 0 Å². The summed E-state index contributed by atoms with van der Waals surface area (Å²) in [6, 6.07) is 110. The van der Waals surface area contributed by atoms with Crippen LogP contribution in [0, 0.1) is 0 Å². The zero-order valence-electron chi connectivity index (χ0n) is 40.7. The third-order valence-corrected chi connectivity index (χ3v) is 15.5. The standard InChI is InChI=1S/C73H49N/c1-5-22-51(23-6-1)71-66-37-16-15-35-63(66)64-43-41-57(48-68(64)72(71)52-24-7-2-8-25-52)55-28-20-34-61(47-55)74(60-33-19-27-54(46-60)56-40-39-50-21-13-14-26-53(50)45-56)62-42-44-70-67(49-62)65-36-17-18-38-69(65)73(70,58-29-9-3-10-30-58)59-31-11-4-12-32-59/h1-49H. The summed E-state index contributed by atoms with van der Waals surface area (Å²) in [6.45, 7) is 0. The third-order valence-electron chi connectivity index (χ3n) is 15.5. The van der Waals surface area contributed by atoms with E-state index in [1.165, 1.54) is 93.5 Å². The minimum atomic E-state index is -0.492. The van der Waals surface area contributed by atoms with Crippen LogP contribution in [0.25, 0.3) is 88.0 Å². The molecule has 0 bridgehead atoms. The van der Waals surface area contributed by atoms with Crippen LogP contribution in [0.15, 0.2) is 297 Å². The van der Waals surface area contributed by atoms with Gasteiger partial charge in [0.05, 0.1) is 5.41 Å². The molecule has 1 nitrogen and oxygen atoms in total. The van der Waals surface area contributed by atoms with Crippen molar-refractivity contribution < 1.29 is 0 Å². The Kier molecular flexibility index (Phi) is 10.5. The van der Waals surface area contributed by atoms with Crippen LogP contribution in [0.2, 0.25) is 0 Å². The van der Waals surface area contributed by atoms with Crippen molar-refractivity contribution in [3.05, 3.63) is 320 Å². The molecule has 74 heavy (non-hydrogen) atoms. The number of benzene rings is 13. The van der Waals surface area contributed by atoms with Gasteiger partial charge in [-0.05, 0) is 159 Å². The zero-order chi connectivity index (χ0) is 49.0. The molecule has 0 atom stereocenters. The Morgan fingerprint density at radius 3 is 1.35 bits per heavy atom. The average Bonchev–Trinajstić information content (AvgIpc) is 3.85. The molecule has 0 N–H and O–H groups in total. The van der Waals surface area contributed by atoms with Gasteiger partial charge in [-0.2, -0.15) is 0 Å². The smallest absolute Gasteiger partial charge is 0.0713 e. The highest BCUT2D eigenvalue weighted by molar-refractivity contribution is 6.22. The van der Waals surface area contributed by atoms with Crippen molar-refractivity contribution in [1.29, 1.82) is 0 Å². The normalized spacial score (nSPS) is 12.4. The number of nitrogens with zero attached hydrogens (tertiary/aromatic N) is 1. The van der Waals surface area contributed by atoms with E-state index >= 15 is 0 Å². The molecule has 0 unspecified atom stereocenters. The summed E-state index contributed by atoms with van der Waals surface area (Å²) in [4.78, 5) is 2.46. The number of hydrogen-bond acceptors (Lipinski definition) is 1. The van der Waals surface area contributed by atoms with Crippen LogP contribution in [0.1, 0.15) is 22.3 Å². The maximum atomic E-state index is 2.46. The second kappa shape index (κ2) is 17.9. The van der Waals surface area contributed by atoms with Crippen molar-refractivity contribution in [2.45, 2.75) is 5.41 Å². The van der Waals surface area contributed by atoms with E-state index in [9.17, 15) is 0 Å². The molecule has 0 aromatic heterocycles. The predicted molar refractivity (Wildman–Crippen MR) is 313 cm³/mol. The van der Waals surface area contributed by atoms with Crippen LogP contribution < -0.4 is 4.90 Å². The summed E-state index contributed by atoms with van der Waals surface area (Å²) in [5, 5.41) is 7.44. The molecule has 346 valence electrons. The van der Waals surface area contributed by atoms with Crippen LogP contribution in [-0.4, -0.2) is 0 Å². The Morgan fingerprint density at radius 1 is 0.230 bits per heavy atom. The Balaban J connectivity index is 0.981. The number of hydrogen-bond donors (Lipinski definition) is 0. The topological polar surface area (TPSA) is 3.24 Å². The summed E-state index contributed by atoms with van der Waals surface area (Å²) < 4.78 is 0. The molecule has 0 radical (unpaired) electrons. The molecular formula is C73H49N. The molecule has 0 saturated heterocycles. The van der Waals surface area contributed by atoms with Gasteiger partial charge in [-0.1, -0.05) is 249 Å². The summed E-state index contributed by atoms with van der Waals surface area (Å²) in [5.41, 5.74) is 19.9. The maximum Gasteiger partial charge on any atom is 0.0713 e. The van der Waals surface area contributed by atoms with Gasteiger partial charge in [-0.25, -0.2) is 0 Å². The van der Waals surface area contributed by atoms with Crippen LogP contribution in [0.5, 0.6) is 0 Å². The lowest BCUT2D eigenvalue weighted by Gasteiger charge is -2.34. The minimum absolute atomic E-state index is 0.492. The first kappa shape index (κ1) is 43.2. The van der Waals surface area contributed by atoms with Gasteiger partial charge in [0, 0.05) is 17.1 Å². The lowest BCUT2D eigenvalue weighted by Crippen LogP contribution is -2.28. The van der Waals surface area contributed by atoms with Crippen molar-refractivity contribution in [3.63, 3.8) is 0 Å². The number of fused-ring (bicyclic) bond motifs is 7. The van der Waals surface area contributed by atoms with Gasteiger partial charge in [0.15, 0.2) is 0 Å². The van der Waals surface area contributed by atoms with E-state index < -0.39 is 5.41 Å². The van der Waals surface area contributed by atoms with E-state index in [1.807, 2.05) is 0 Å². The fourth-order valence-corrected chi connectivity index (χ4v) is 12.2. The predicted octanol–water partition coefficient (Wildman–Crippen LogP) is 19.6. The van der Waals surface area contributed by atoms with Gasteiger partial charge >= 0.3 is 0 Å². The molecule has 1 heteroatoms. The third kappa shape index (κ3) is 7.08. The molecule has 0 amide bonds. The summed E-state index contributed by atoms with van der Waals surface area (Å²) in [5.74, 6) is 0. The summed E-state index contributed by atoms with van der Waals surface area (Å²) in [7, 11) is 0. The maximum absolute atomic E-state index is 2.46. The largest absolute Gasteiger partial charge is 0.310 e. The minimum Gasteiger partial charge on any atom is -0.310 e. The van der Waals surface area contributed by atoms with Gasteiger partial charge in [-0.3, -0.25) is 0 Å². The Bertz CT molecular complexity index is 4200. The van der Waals surface area contributed by atoms with E-state index in [4.69, 9.17) is 0 Å². The highest BCUT2D eigenvalue weighted by Crippen LogP contribution is 2.57. The molecule has 0 spiro atoms. The van der Waals surface area contributed by atoms with E-state index in [0.717, 1.165) is 33.8 Å². The van der Waals surface area contributed by atoms with Crippen LogP contribution in [0.3, 0.4) is 0 Å². The Labute approximate surface area is 432 Å². The SMILES string of the molecule is c1ccc(-c2c(-c3ccccc3)c3cc(-c4cccc(N(c5cccc(-c6ccc7ccccc7c6)c5)c5ccc6c(c5)-c5ccccc5C6(c5ccccc5)c5ccccc5)c4)ccc3c3ccccc23)cc1. The van der Waals surface area contributed by atoms with Crippen molar-refractivity contribution in [2.24, 2.45) is 0 Å². The molecule has 13 aromatic carbocycles. The van der Waals surface area contributed by atoms with Gasteiger partial charge < -0.3 is 4.90 Å². The summed E-state index contributed by atoms with van der Waals surface area (Å²) >= 11 is 0. The van der Waals surface area contributed by atoms with E-state index in [0.29, 0.717) is 0 Å². The highest BCUT2D eigenvalue weighted by Gasteiger charge is 2.46. The van der Waals surface area contributed by atoms with Crippen molar-refractivity contribution in [1.82, 2.24) is 0 Å². The van der Waals surface area contributed by atoms with Crippen molar-refractivity contribution in [2.75, 3.05) is 4.90 Å². The first-order valence-electron chi connectivity index (χ1n) is 25.7. The lowest BCUT2D eigenvalue weighted by molar-refractivity contribution is 0.768. The van der Waals surface area contributed by atoms with E-state index in [2.05, 4.69) is 302 Å². The van der Waals surface area contributed by atoms with Crippen LogP contribution in [0.4, 0.5) is 17.1 Å². The Hall–Kier alpha value is -9.56. The monoisotopic (exact) mass is 939 g/mol. The molecule has 13 aromatic rings. The summed E-state index contributed by atoms with van der Waals surface area (Å²) in [6.07, 6.45) is 0. The fourth-order valence-electron chi connectivity index (χ4n) is 12.2. The Morgan fingerprint density at radius 2 is 0.689 bits per heavy atom. The van der Waals surface area contributed by atoms with Crippen LogP contribution in [-0.2, 0) is 5.41 Å². The van der Waals surface area contributed by atoms with Crippen molar-refractivity contribution in [3.8, 4) is 55.6 Å². The first-order chi connectivity index (χ1) is 36.7. The molecular weight excluding hydrogens is 891 g/mol. The molecule has 14 rings (SSSR count). The van der Waals surface area contributed by atoms with Crippen molar-refractivity contribution >= 4 is 49.4 Å². The second-order valence-electron chi connectivity index (χ2n) is 19.5. The molecule has 0 aliphatic heterocycles. The molecule has 1 aliphatic rings.